The predicted octanol–water partition coefficient (Wildman–Crippen LogP) is 5.10. The molecule has 0 bridgehead atoms. The van der Waals surface area contributed by atoms with Crippen LogP contribution in [0.15, 0.2) is 34.9 Å². The van der Waals surface area contributed by atoms with E-state index in [1.807, 2.05) is 24.3 Å². The second-order valence-electron chi connectivity index (χ2n) is 8.42. The molecule has 0 spiro atoms. The number of fused-ring (bicyclic) bond motifs is 2. The molecule has 1 aliphatic carbocycles. The minimum absolute atomic E-state index is 0.0398. The summed E-state index contributed by atoms with van der Waals surface area (Å²) in [6, 6.07) is 9.97. The molecule has 1 aromatic heterocycles. The zero-order valence-corrected chi connectivity index (χ0v) is 16.6. The van der Waals surface area contributed by atoms with Gasteiger partial charge in [0.15, 0.2) is 11.5 Å². The molecule has 144 valence electrons. The van der Waals surface area contributed by atoms with Crippen molar-refractivity contribution in [3.63, 3.8) is 0 Å². The van der Waals surface area contributed by atoms with Crippen molar-refractivity contribution in [2.75, 3.05) is 23.3 Å². The Morgan fingerprint density at radius 2 is 2.04 bits per heavy atom. The summed E-state index contributed by atoms with van der Waals surface area (Å²) in [6.07, 6.45) is 2.43. The summed E-state index contributed by atoms with van der Waals surface area (Å²) in [5.41, 5.74) is 4.94. The average molecular weight is 375 g/mol. The van der Waals surface area contributed by atoms with Crippen LogP contribution in [0.2, 0.25) is 0 Å². The van der Waals surface area contributed by atoms with Crippen LogP contribution in [0.4, 0.5) is 11.4 Å². The summed E-state index contributed by atoms with van der Waals surface area (Å²) < 4.78 is 5.83. The van der Waals surface area contributed by atoms with E-state index < -0.39 is 0 Å². The van der Waals surface area contributed by atoms with Crippen LogP contribution in [-0.2, 0) is 0 Å². The van der Waals surface area contributed by atoms with Crippen LogP contribution in [0.5, 0.6) is 0 Å². The summed E-state index contributed by atoms with van der Waals surface area (Å²) in [7, 11) is 0. The highest BCUT2D eigenvalue weighted by Crippen LogP contribution is 2.46. The first-order chi connectivity index (χ1) is 13.5. The van der Waals surface area contributed by atoms with Crippen LogP contribution in [0.1, 0.15) is 49.5 Å². The van der Waals surface area contributed by atoms with E-state index in [2.05, 4.69) is 42.2 Å². The first kappa shape index (κ1) is 17.3. The third kappa shape index (κ3) is 2.53. The Morgan fingerprint density at radius 3 is 2.79 bits per heavy atom. The average Bonchev–Trinajstić information content (AvgIpc) is 3.11. The number of hydrogen-bond acceptors (Lipinski definition) is 5. The zero-order chi connectivity index (χ0) is 19.4. The van der Waals surface area contributed by atoms with Crippen LogP contribution in [0, 0.1) is 5.92 Å². The van der Waals surface area contributed by atoms with Crippen molar-refractivity contribution in [2.45, 2.75) is 39.7 Å². The fourth-order valence-corrected chi connectivity index (χ4v) is 4.62. The zero-order valence-electron chi connectivity index (χ0n) is 16.6. The normalized spacial score (nSPS) is 18.6. The number of nitrogens with zero attached hydrogens (tertiary/aromatic N) is 2. The number of nitrogens with one attached hydrogen (secondary N) is 1. The second-order valence-corrected chi connectivity index (χ2v) is 8.42. The molecule has 3 aromatic rings. The number of piperidine rings is 1. The quantitative estimate of drug-likeness (QED) is 0.540. The topological polar surface area (TPSA) is 58.4 Å². The maximum atomic E-state index is 13.4. The van der Waals surface area contributed by atoms with Crippen LogP contribution < -0.4 is 10.2 Å². The lowest BCUT2D eigenvalue weighted by Gasteiger charge is -2.33. The Bertz CT molecular complexity index is 1080. The van der Waals surface area contributed by atoms with E-state index in [-0.39, 0.29) is 11.8 Å². The summed E-state index contributed by atoms with van der Waals surface area (Å²) in [4.78, 5) is 15.8. The van der Waals surface area contributed by atoms with E-state index in [1.54, 1.807) is 0 Å². The van der Waals surface area contributed by atoms with Crippen LogP contribution in [0.3, 0.4) is 0 Å². The van der Waals surface area contributed by atoms with Crippen molar-refractivity contribution in [3.8, 4) is 11.3 Å². The van der Waals surface area contributed by atoms with Gasteiger partial charge >= 0.3 is 0 Å². The molecule has 1 atom stereocenters. The highest BCUT2D eigenvalue weighted by molar-refractivity contribution is 6.28. The standard InChI is InChI=1S/C23H25N3O2/c1-13(2)24-17-11-18(26-10-6-7-14(3)12-26)21-20-19(17)22(27)15-8-4-5-9-16(15)23(20)28-25-21/h4-5,8-9,11,13-14,24H,6-7,10,12H2,1-3H3. The van der Waals surface area contributed by atoms with E-state index in [1.165, 1.54) is 12.8 Å². The molecule has 2 aromatic carbocycles. The smallest absolute Gasteiger partial charge is 0.196 e. The Morgan fingerprint density at radius 1 is 1.25 bits per heavy atom. The molecule has 5 heteroatoms. The van der Waals surface area contributed by atoms with Gasteiger partial charge in [-0.15, -0.1) is 0 Å². The number of ketones is 1. The maximum absolute atomic E-state index is 13.4. The highest BCUT2D eigenvalue weighted by atomic mass is 16.5. The second kappa shape index (κ2) is 6.36. The number of rotatable bonds is 3. The number of aromatic nitrogens is 1. The molecule has 0 radical (unpaired) electrons. The Kier molecular flexibility index (Phi) is 3.93. The van der Waals surface area contributed by atoms with Gasteiger partial charge in [-0.1, -0.05) is 36.3 Å². The third-order valence-electron chi connectivity index (χ3n) is 5.82. The molecule has 0 amide bonds. The first-order valence-corrected chi connectivity index (χ1v) is 10.2. The van der Waals surface area contributed by atoms with E-state index in [0.717, 1.165) is 40.9 Å². The summed E-state index contributed by atoms with van der Waals surface area (Å²) >= 11 is 0. The van der Waals surface area contributed by atoms with Crippen LogP contribution in [0.25, 0.3) is 22.2 Å². The molecule has 1 fully saturated rings. The van der Waals surface area contributed by atoms with Crippen molar-refractivity contribution in [3.05, 3.63) is 41.5 Å². The molecule has 1 aliphatic heterocycles. The number of carbonyl (C=O) groups is 1. The van der Waals surface area contributed by atoms with Gasteiger partial charge in [0.05, 0.1) is 16.6 Å². The van der Waals surface area contributed by atoms with Crippen molar-refractivity contribution < 1.29 is 9.32 Å². The van der Waals surface area contributed by atoms with Gasteiger partial charge in [0, 0.05) is 35.9 Å². The SMILES string of the molecule is CC1CCCN(c2cc(NC(C)C)c3c4c(onc24)-c2ccccc2C3=O)C1. The molecular formula is C23H25N3O2. The molecule has 1 N–H and O–H groups in total. The fourth-order valence-electron chi connectivity index (χ4n) is 4.62. The van der Waals surface area contributed by atoms with Gasteiger partial charge in [-0.05, 0) is 38.7 Å². The Hall–Kier alpha value is -2.82. The number of anilines is 2. The minimum Gasteiger partial charge on any atom is -0.382 e. The Balaban J connectivity index is 1.80. The van der Waals surface area contributed by atoms with Gasteiger partial charge in [0.1, 0.15) is 5.52 Å². The van der Waals surface area contributed by atoms with Crippen LogP contribution >= 0.6 is 0 Å². The molecule has 5 rings (SSSR count). The predicted molar refractivity (Wildman–Crippen MR) is 112 cm³/mol. The molecule has 1 saturated heterocycles. The molecule has 1 unspecified atom stereocenters. The van der Waals surface area contributed by atoms with Gasteiger partial charge in [-0.3, -0.25) is 4.79 Å². The molecule has 0 saturated carbocycles. The van der Waals surface area contributed by atoms with Gasteiger partial charge in [0.2, 0.25) is 0 Å². The highest BCUT2D eigenvalue weighted by Gasteiger charge is 2.34. The molecule has 5 nitrogen and oxygen atoms in total. The first-order valence-electron chi connectivity index (χ1n) is 10.2. The van der Waals surface area contributed by atoms with Crippen LogP contribution in [-0.4, -0.2) is 30.1 Å². The lowest BCUT2D eigenvalue weighted by Crippen LogP contribution is -2.34. The number of hydrogen-bond donors (Lipinski definition) is 1. The van der Waals surface area contributed by atoms with E-state index in [0.29, 0.717) is 22.8 Å². The van der Waals surface area contributed by atoms with E-state index in [4.69, 9.17) is 4.52 Å². The maximum Gasteiger partial charge on any atom is 0.196 e. The molecule has 28 heavy (non-hydrogen) atoms. The fraction of sp³-hybridized carbons (Fsp3) is 0.391. The lowest BCUT2D eigenvalue weighted by atomic mass is 9.86. The summed E-state index contributed by atoms with van der Waals surface area (Å²) in [5.74, 6) is 1.39. The molecule has 2 heterocycles. The monoisotopic (exact) mass is 375 g/mol. The summed E-state index contributed by atoms with van der Waals surface area (Å²) in [6.45, 7) is 8.49. The van der Waals surface area contributed by atoms with Gasteiger partial charge in [-0.2, -0.15) is 0 Å². The minimum atomic E-state index is 0.0398. The number of benzene rings is 2. The van der Waals surface area contributed by atoms with Gasteiger partial charge in [-0.25, -0.2) is 0 Å². The van der Waals surface area contributed by atoms with Crippen molar-refractivity contribution in [1.82, 2.24) is 5.16 Å². The van der Waals surface area contributed by atoms with Crippen molar-refractivity contribution in [2.24, 2.45) is 5.92 Å². The van der Waals surface area contributed by atoms with E-state index in [9.17, 15) is 4.79 Å². The van der Waals surface area contributed by atoms with Crippen molar-refractivity contribution in [1.29, 1.82) is 0 Å². The van der Waals surface area contributed by atoms with Crippen molar-refractivity contribution >= 4 is 28.1 Å². The van der Waals surface area contributed by atoms with E-state index >= 15 is 0 Å². The molecular weight excluding hydrogens is 350 g/mol. The Labute approximate surface area is 164 Å². The van der Waals surface area contributed by atoms with Gasteiger partial charge in [0.25, 0.3) is 0 Å². The third-order valence-corrected chi connectivity index (χ3v) is 5.82. The molecule has 2 aliphatic rings. The summed E-state index contributed by atoms with van der Waals surface area (Å²) in [5, 5.41) is 8.80. The lowest BCUT2D eigenvalue weighted by molar-refractivity contribution is 0.104. The largest absolute Gasteiger partial charge is 0.382 e. The van der Waals surface area contributed by atoms with Gasteiger partial charge < -0.3 is 14.7 Å². The number of carbonyl (C=O) groups excluding carboxylic acids is 1.